The maximum absolute atomic E-state index is 10.6. The van der Waals surface area contributed by atoms with Gasteiger partial charge in [-0.2, -0.15) is 13.2 Å². The number of aliphatic hydroxyl groups is 1. The standard InChI is InChI=1S/C17H25ClN2O2.C2HF3O2/c18-14-3-1-13(2-4-14)9-16-12-22-17(11-21)10-20(16)15-5-7-19-8-6-15;3-2(4,5)1(6)7/h1-4,15-17,19,21H,5-12H2;(H,6,7)/t16-,17+;/m0./s1. The maximum Gasteiger partial charge on any atom is 0.490 e. The molecule has 0 aromatic heterocycles. The lowest BCUT2D eigenvalue weighted by Gasteiger charge is -2.45. The number of ether oxygens (including phenoxy) is 1. The lowest BCUT2D eigenvalue weighted by atomic mass is 9.97. The largest absolute Gasteiger partial charge is 0.490 e. The molecule has 0 radical (unpaired) electrons. The molecule has 6 nitrogen and oxygen atoms in total. The number of halogens is 4. The smallest absolute Gasteiger partial charge is 0.475 e. The summed E-state index contributed by atoms with van der Waals surface area (Å²) in [5.41, 5.74) is 1.29. The zero-order valence-corrected chi connectivity index (χ0v) is 16.6. The second-order valence-electron chi connectivity index (χ2n) is 7.10. The van der Waals surface area contributed by atoms with Crippen molar-refractivity contribution in [2.75, 3.05) is 32.8 Å². The number of carbonyl (C=O) groups is 1. The summed E-state index contributed by atoms with van der Waals surface area (Å²) in [6.07, 6.45) is -1.81. The van der Waals surface area contributed by atoms with E-state index in [1.165, 1.54) is 18.4 Å². The van der Waals surface area contributed by atoms with Crippen LogP contribution >= 0.6 is 11.6 Å². The molecule has 2 aliphatic heterocycles. The van der Waals surface area contributed by atoms with Gasteiger partial charge in [-0.05, 0) is 50.0 Å². The molecule has 0 spiro atoms. The molecule has 0 saturated carbocycles. The van der Waals surface area contributed by atoms with Crippen molar-refractivity contribution in [3.63, 3.8) is 0 Å². The van der Waals surface area contributed by atoms with E-state index in [1.54, 1.807) is 0 Å². The van der Waals surface area contributed by atoms with E-state index < -0.39 is 12.1 Å². The van der Waals surface area contributed by atoms with E-state index in [9.17, 15) is 18.3 Å². The van der Waals surface area contributed by atoms with Gasteiger partial charge in [0.05, 0.1) is 19.3 Å². The number of hydrogen-bond acceptors (Lipinski definition) is 5. The zero-order chi connectivity index (χ0) is 21.4. The van der Waals surface area contributed by atoms with Gasteiger partial charge in [-0.3, -0.25) is 4.90 Å². The molecule has 10 heteroatoms. The van der Waals surface area contributed by atoms with Crippen LogP contribution in [0.1, 0.15) is 18.4 Å². The number of aliphatic carboxylic acids is 1. The van der Waals surface area contributed by atoms with Crippen LogP contribution < -0.4 is 5.32 Å². The molecular formula is C19H26ClF3N2O4. The number of rotatable bonds is 4. The topological polar surface area (TPSA) is 82.0 Å². The fourth-order valence-corrected chi connectivity index (χ4v) is 3.67. The highest BCUT2D eigenvalue weighted by molar-refractivity contribution is 6.30. The molecule has 2 saturated heterocycles. The van der Waals surface area contributed by atoms with Gasteiger partial charge in [0.25, 0.3) is 0 Å². The Morgan fingerprint density at radius 3 is 2.34 bits per heavy atom. The minimum Gasteiger partial charge on any atom is -0.475 e. The molecule has 29 heavy (non-hydrogen) atoms. The summed E-state index contributed by atoms with van der Waals surface area (Å²) in [6, 6.07) is 9.07. The lowest BCUT2D eigenvalue weighted by Crippen LogP contribution is -2.57. The highest BCUT2D eigenvalue weighted by atomic mass is 35.5. The first-order valence-corrected chi connectivity index (χ1v) is 9.82. The summed E-state index contributed by atoms with van der Waals surface area (Å²) in [4.78, 5) is 11.5. The molecule has 2 atom stereocenters. The van der Waals surface area contributed by atoms with Crippen LogP contribution in [0.2, 0.25) is 5.02 Å². The molecule has 3 rings (SSSR count). The van der Waals surface area contributed by atoms with E-state index in [4.69, 9.17) is 26.2 Å². The second-order valence-corrected chi connectivity index (χ2v) is 7.54. The number of carboxylic acids is 1. The van der Waals surface area contributed by atoms with Crippen LogP contribution in [0.3, 0.4) is 0 Å². The highest BCUT2D eigenvalue weighted by Crippen LogP contribution is 2.23. The Bertz CT molecular complexity index is 639. The average Bonchev–Trinajstić information content (AvgIpc) is 2.70. The number of nitrogens with zero attached hydrogens (tertiary/aromatic N) is 1. The van der Waals surface area contributed by atoms with Crippen LogP contribution in [-0.2, 0) is 16.0 Å². The summed E-state index contributed by atoms with van der Waals surface area (Å²) in [6.45, 7) is 3.80. The summed E-state index contributed by atoms with van der Waals surface area (Å²) < 4.78 is 37.6. The van der Waals surface area contributed by atoms with Crippen molar-refractivity contribution in [3.8, 4) is 0 Å². The minimum absolute atomic E-state index is 0.0450. The van der Waals surface area contributed by atoms with E-state index in [0.717, 1.165) is 31.1 Å². The van der Waals surface area contributed by atoms with Gasteiger partial charge in [-0.25, -0.2) is 4.79 Å². The third-order valence-corrected chi connectivity index (χ3v) is 5.27. The maximum atomic E-state index is 10.6. The van der Waals surface area contributed by atoms with Crippen molar-refractivity contribution < 1.29 is 32.9 Å². The first-order chi connectivity index (χ1) is 13.7. The SMILES string of the molecule is O=C(O)C(F)(F)F.OC[C@H]1CN(C2CCNCC2)[C@@H](Cc2ccc(Cl)cc2)CO1. The molecule has 0 bridgehead atoms. The van der Waals surface area contributed by atoms with Crippen molar-refractivity contribution >= 4 is 17.6 Å². The third-order valence-electron chi connectivity index (χ3n) is 5.02. The van der Waals surface area contributed by atoms with Crippen LogP contribution in [0.25, 0.3) is 0 Å². The van der Waals surface area contributed by atoms with Crippen LogP contribution in [0, 0.1) is 0 Å². The number of aliphatic hydroxyl groups excluding tert-OH is 1. The quantitative estimate of drug-likeness (QED) is 0.669. The van der Waals surface area contributed by atoms with Crippen molar-refractivity contribution in [1.82, 2.24) is 10.2 Å². The van der Waals surface area contributed by atoms with Crippen LogP contribution in [0.5, 0.6) is 0 Å². The summed E-state index contributed by atoms with van der Waals surface area (Å²) >= 11 is 5.97. The predicted octanol–water partition coefficient (Wildman–Crippen LogP) is 2.33. The van der Waals surface area contributed by atoms with E-state index in [2.05, 4.69) is 22.3 Å². The van der Waals surface area contributed by atoms with E-state index >= 15 is 0 Å². The Hall–Kier alpha value is -1.39. The number of piperidine rings is 1. The zero-order valence-electron chi connectivity index (χ0n) is 15.9. The lowest BCUT2D eigenvalue weighted by molar-refractivity contribution is -0.192. The minimum atomic E-state index is -5.08. The molecule has 1 aromatic carbocycles. The number of benzene rings is 1. The fraction of sp³-hybridized carbons (Fsp3) is 0.632. The molecule has 1 aromatic rings. The fourth-order valence-electron chi connectivity index (χ4n) is 3.54. The third kappa shape index (κ3) is 7.75. The Balaban J connectivity index is 0.000000370. The van der Waals surface area contributed by atoms with E-state index in [1.807, 2.05) is 12.1 Å². The number of carboxylic acid groups (broad SMARTS) is 1. The molecule has 164 valence electrons. The molecule has 0 unspecified atom stereocenters. The monoisotopic (exact) mass is 438 g/mol. The number of alkyl halides is 3. The van der Waals surface area contributed by atoms with Crippen LogP contribution in [0.15, 0.2) is 24.3 Å². The molecular weight excluding hydrogens is 413 g/mol. The average molecular weight is 439 g/mol. The van der Waals surface area contributed by atoms with Crippen LogP contribution in [0.4, 0.5) is 13.2 Å². The first kappa shape index (κ1) is 23.9. The Morgan fingerprint density at radius 1 is 1.24 bits per heavy atom. The number of morpholine rings is 1. The summed E-state index contributed by atoms with van der Waals surface area (Å²) in [5.74, 6) is -2.76. The Labute approximate surface area is 172 Å². The molecule has 0 amide bonds. The summed E-state index contributed by atoms with van der Waals surface area (Å²) in [5, 5.41) is 20.8. The van der Waals surface area contributed by atoms with Gasteiger partial charge in [0.15, 0.2) is 0 Å². The Morgan fingerprint density at radius 2 is 1.83 bits per heavy atom. The van der Waals surface area contributed by atoms with Gasteiger partial charge < -0.3 is 20.3 Å². The van der Waals surface area contributed by atoms with Gasteiger partial charge in [0.2, 0.25) is 0 Å². The van der Waals surface area contributed by atoms with Crippen molar-refractivity contribution in [1.29, 1.82) is 0 Å². The number of nitrogens with one attached hydrogen (secondary N) is 1. The van der Waals surface area contributed by atoms with E-state index in [-0.39, 0.29) is 12.7 Å². The molecule has 2 heterocycles. The molecule has 2 aliphatic rings. The second kappa shape index (κ2) is 11.1. The molecule has 0 aliphatic carbocycles. The summed E-state index contributed by atoms with van der Waals surface area (Å²) in [7, 11) is 0. The van der Waals surface area contributed by atoms with Gasteiger partial charge >= 0.3 is 12.1 Å². The van der Waals surface area contributed by atoms with Gasteiger partial charge in [0.1, 0.15) is 0 Å². The van der Waals surface area contributed by atoms with Crippen LogP contribution in [-0.4, -0.2) is 78.3 Å². The number of hydrogen-bond donors (Lipinski definition) is 3. The van der Waals surface area contributed by atoms with Crippen molar-refractivity contribution in [2.45, 2.75) is 43.6 Å². The Kier molecular flexibility index (Phi) is 9.16. The van der Waals surface area contributed by atoms with Crippen molar-refractivity contribution in [2.24, 2.45) is 0 Å². The molecule has 3 N–H and O–H groups in total. The van der Waals surface area contributed by atoms with Crippen molar-refractivity contribution in [3.05, 3.63) is 34.9 Å². The van der Waals surface area contributed by atoms with Gasteiger partial charge in [-0.15, -0.1) is 0 Å². The highest BCUT2D eigenvalue weighted by Gasteiger charge is 2.38. The van der Waals surface area contributed by atoms with Gasteiger partial charge in [0, 0.05) is 23.7 Å². The first-order valence-electron chi connectivity index (χ1n) is 9.44. The van der Waals surface area contributed by atoms with Gasteiger partial charge in [-0.1, -0.05) is 23.7 Å². The molecule has 2 fully saturated rings. The normalized spacial score (nSPS) is 23.9. The predicted molar refractivity (Wildman–Crippen MR) is 102 cm³/mol. The van der Waals surface area contributed by atoms with E-state index in [0.29, 0.717) is 18.7 Å².